The summed E-state index contributed by atoms with van der Waals surface area (Å²) in [6, 6.07) is 16.5. The Morgan fingerprint density at radius 1 is 0.613 bits per heavy atom. The van der Waals surface area contributed by atoms with Crippen molar-refractivity contribution in [1.29, 1.82) is 0 Å². The average Bonchev–Trinajstić information content (AvgIpc) is 2.63. The van der Waals surface area contributed by atoms with E-state index < -0.39 is 14.2 Å². The summed E-state index contributed by atoms with van der Waals surface area (Å²) >= 11 is 0. The van der Waals surface area contributed by atoms with Crippen molar-refractivity contribution in [2.45, 2.75) is 88.4 Å². The molecule has 0 aromatic heterocycles. The molecule has 0 aliphatic carbocycles. The highest BCUT2D eigenvalue weighted by Gasteiger charge is 2.12. The highest BCUT2D eigenvalue weighted by atomic mass is 16.4. The Morgan fingerprint density at radius 3 is 1.29 bits per heavy atom. The molecule has 2 rings (SSSR count). The maximum atomic E-state index is 9.16. The van der Waals surface area contributed by atoms with Crippen molar-refractivity contribution in [3.63, 3.8) is 0 Å². The van der Waals surface area contributed by atoms with E-state index in [1.807, 2.05) is 12.1 Å². The van der Waals surface area contributed by atoms with E-state index in [9.17, 15) is 0 Å². The molecule has 6 heteroatoms. The summed E-state index contributed by atoms with van der Waals surface area (Å²) in [5, 5.41) is 33.6. The second-order valence-electron chi connectivity index (χ2n) is 6.82. The van der Waals surface area contributed by atoms with Gasteiger partial charge in [0.15, 0.2) is 0 Å². The van der Waals surface area contributed by atoms with Crippen LogP contribution in [0.3, 0.4) is 0 Å². The van der Waals surface area contributed by atoms with Crippen LogP contribution in [0.25, 0.3) is 0 Å². The predicted octanol–water partition coefficient (Wildman–Crippen LogP) is 4.91. The molecule has 178 valence electrons. The Balaban J connectivity index is -0.000000197. The van der Waals surface area contributed by atoms with Gasteiger partial charge in [-0.05, 0) is 48.2 Å². The largest absolute Gasteiger partial charge is 0.488 e. The number of aryl methyl sites for hydroxylation is 3. The van der Waals surface area contributed by atoms with Crippen LogP contribution in [-0.2, 0) is 19.3 Å². The molecule has 0 radical (unpaired) electrons. The van der Waals surface area contributed by atoms with Gasteiger partial charge in [0, 0.05) is 0 Å². The van der Waals surface area contributed by atoms with Crippen molar-refractivity contribution in [2.24, 2.45) is 0 Å². The van der Waals surface area contributed by atoms with Gasteiger partial charge in [-0.1, -0.05) is 111 Å². The lowest BCUT2D eigenvalue weighted by atomic mass is 9.78. The molecule has 0 heterocycles. The molecule has 0 bridgehead atoms. The Morgan fingerprint density at radius 2 is 0.968 bits per heavy atom. The SMILES string of the molecule is C.C.C.CB(O)O.CCCc1cc(CCC)cc(B(O)O)c1.CCCc1ccccc1. The molecule has 0 aliphatic heterocycles. The van der Waals surface area contributed by atoms with E-state index in [2.05, 4.69) is 57.2 Å². The Hall–Kier alpha value is -1.59. The van der Waals surface area contributed by atoms with E-state index in [4.69, 9.17) is 20.1 Å². The summed E-state index contributed by atoms with van der Waals surface area (Å²) in [6.07, 6.45) is 6.60. The number of hydrogen-bond acceptors (Lipinski definition) is 4. The minimum Gasteiger partial charge on any atom is -0.427 e. The Bertz CT molecular complexity index is 593. The minimum absolute atomic E-state index is 0. The molecule has 0 atom stereocenters. The number of hydrogen-bond donors (Lipinski definition) is 4. The van der Waals surface area contributed by atoms with Crippen LogP contribution >= 0.6 is 0 Å². The Kier molecular flexibility index (Phi) is 27.4. The van der Waals surface area contributed by atoms with E-state index in [1.54, 1.807) is 0 Å². The summed E-state index contributed by atoms with van der Waals surface area (Å²) in [6.45, 7) is 7.73. The van der Waals surface area contributed by atoms with Gasteiger partial charge in [0.25, 0.3) is 0 Å². The third-order valence-electron chi connectivity index (χ3n) is 3.83. The summed E-state index contributed by atoms with van der Waals surface area (Å²) in [7, 11) is -2.52. The van der Waals surface area contributed by atoms with E-state index in [0.29, 0.717) is 5.46 Å². The maximum absolute atomic E-state index is 9.16. The normalized spacial score (nSPS) is 8.65. The topological polar surface area (TPSA) is 80.9 Å². The zero-order valence-electron chi connectivity index (χ0n) is 17.8. The van der Waals surface area contributed by atoms with Crippen molar-refractivity contribution in [2.75, 3.05) is 0 Å². The second kappa shape index (κ2) is 23.1. The smallest absolute Gasteiger partial charge is 0.427 e. The van der Waals surface area contributed by atoms with Crippen LogP contribution in [0.1, 0.15) is 79.0 Å². The maximum Gasteiger partial charge on any atom is 0.488 e. The van der Waals surface area contributed by atoms with Gasteiger partial charge in [-0.15, -0.1) is 0 Å². The number of benzene rings is 2. The lowest BCUT2D eigenvalue weighted by Crippen LogP contribution is -2.30. The van der Waals surface area contributed by atoms with Gasteiger partial charge in [0.05, 0.1) is 0 Å². The van der Waals surface area contributed by atoms with Crippen molar-refractivity contribution in [3.8, 4) is 0 Å². The first-order valence-corrected chi connectivity index (χ1v) is 10.2. The van der Waals surface area contributed by atoms with Crippen LogP contribution in [-0.4, -0.2) is 34.3 Å². The molecular formula is C25H48B2O4. The van der Waals surface area contributed by atoms with Crippen LogP contribution in [0.4, 0.5) is 0 Å². The minimum atomic E-state index is -1.35. The Labute approximate surface area is 193 Å². The summed E-state index contributed by atoms with van der Waals surface area (Å²) in [5.74, 6) is 0. The summed E-state index contributed by atoms with van der Waals surface area (Å²) < 4.78 is 0. The lowest BCUT2D eigenvalue weighted by molar-refractivity contribution is 0.417. The van der Waals surface area contributed by atoms with Crippen LogP contribution in [0.5, 0.6) is 0 Å². The molecule has 31 heavy (non-hydrogen) atoms. The van der Waals surface area contributed by atoms with Gasteiger partial charge in [-0.25, -0.2) is 0 Å². The fourth-order valence-corrected chi connectivity index (χ4v) is 2.74. The number of rotatable bonds is 7. The molecule has 0 fully saturated rings. The fourth-order valence-electron chi connectivity index (χ4n) is 2.74. The predicted molar refractivity (Wildman–Crippen MR) is 141 cm³/mol. The molecule has 2 aromatic rings. The van der Waals surface area contributed by atoms with Gasteiger partial charge < -0.3 is 20.1 Å². The average molecular weight is 434 g/mol. The van der Waals surface area contributed by atoms with Crippen molar-refractivity contribution in [1.82, 2.24) is 0 Å². The molecule has 4 N–H and O–H groups in total. The van der Waals surface area contributed by atoms with Gasteiger partial charge in [0.1, 0.15) is 0 Å². The van der Waals surface area contributed by atoms with Gasteiger partial charge in [0.2, 0.25) is 0 Å². The molecule has 0 saturated heterocycles. The van der Waals surface area contributed by atoms with Crippen LogP contribution in [0.2, 0.25) is 6.82 Å². The van der Waals surface area contributed by atoms with Gasteiger partial charge in [-0.2, -0.15) is 0 Å². The molecule has 0 saturated carbocycles. The van der Waals surface area contributed by atoms with Crippen molar-refractivity contribution >= 4 is 19.7 Å². The fraction of sp³-hybridized carbons (Fsp3) is 0.520. The zero-order chi connectivity index (χ0) is 21.4. The highest BCUT2D eigenvalue weighted by molar-refractivity contribution is 6.58. The van der Waals surface area contributed by atoms with Crippen LogP contribution in [0.15, 0.2) is 48.5 Å². The molecule has 0 aliphatic rings. The third-order valence-corrected chi connectivity index (χ3v) is 3.83. The van der Waals surface area contributed by atoms with Crippen LogP contribution < -0.4 is 5.46 Å². The lowest BCUT2D eigenvalue weighted by Gasteiger charge is -2.08. The van der Waals surface area contributed by atoms with E-state index in [-0.39, 0.29) is 22.3 Å². The first-order chi connectivity index (χ1) is 13.3. The van der Waals surface area contributed by atoms with Crippen molar-refractivity contribution in [3.05, 3.63) is 65.2 Å². The van der Waals surface area contributed by atoms with Crippen LogP contribution in [0, 0.1) is 0 Å². The van der Waals surface area contributed by atoms with Gasteiger partial charge in [-0.3, -0.25) is 0 Å². The second-order valence-corrected chi connectivity index (χ2v) is 6.82. The van der Waals surface area contributed by atoms with Crippen molar-refractivity contribution < 1.29 is 20.1 Å². The molecule has 2 aromatic carbocycles. The van der Waals surface area contributed by atoms with Gasteiger partial charge >= 0.3 is 14.2 Å². The molecule has 0 unspecified atom stereocenters. The summed E-state index contributed by atoms with van der Waals surface area (Å²) in [4.78, 5) is 0. The third kappa shape index (κ3) is 20.1. The zero-order valence-corrected chi connectivity index (χ0v) is 17.8. The highest BCUT2D eigenvalue weighted by Crippen LogP contribution is 2.08. The molecule has 0 spiro atoms. The molecule has 0 amide bonds. The molecule has 4 nitrogen and oxygen atoms in total. The first kappa shape index (κ1) is 36.8. The quantitative estimate of drug-likeness (QED) is 0.467. The van der Waals surface area contributed by atoms with E-state index in [1.165, 1.54) is 36.4 Å². The molecular weight excluding hydrogens is 386 g/mol. The first-order valence-electron chi connectivity index (χ1n) is 10.2. The standard InChI is InChI=1S/C12H19BO2.C9H12.CH5BO2.3CH4/c1-3-5-10-7-11(6-4-2)9-12(8-10)13(14)15;1-2-6-9-7-4-3-5-8-9;1-2(3)4;;;/h7-9,14-15H,3-6H2,1-2H3;3-5,7-8H,2,6H2,1H3;3-4H,1H3;3*1H4. The monoisotopic (exact) mass is 434 g/mol. The van der Waals surface area contributed by atoms with E-state index in [0.717, 1.165) is 25.7 Å². The van der Waals surface area contributed by atoms with E-state index >= 15 is 0 Å². The summed E-state index contributed by atoms with van der Waals surface area (Å²) in [5.41, 5.74) is 4.46.